The quantitative estimate of drug-likeness (QED) is 0.784. The monoisotopic (exact) mass is 393 g/mol. The van der Waals surface area contributed by atoms with Crippen LogP contribution in [0.25, 0.3) is 0 Å². The van der Waals surface area contributed by atoms with Gasteiger partial charge in [-0.15, -0.1) is 0 Å². The highest BCUT2D eigenvalue weighted by Gasteiger charge is 2.26. The summed E-state index contributed by atoms with van der Waals surface area (Å²) in [5, 5.41) is 0. The van der Waals surface area contributed by atoms with Crippen LogP contribution in [0.3, 0.4) is 0 Å². The van der Waals surface area contributed by atoms with Crippen LogP contribution in [0.15, 0.2) is 36.4 Å². The van der Waals surface area contributed by atoms with Gasteiger partial charge in [0.05, 0.1) is 0 Å². The zero-order valence-electron chi connectivity index (χ0n) is 16.4. The van der Waals surface area contributed by atoms with Crippen molar-refractivity contribution in [1.82, 2.24) is 4.90 Å². The molecule has 150 valence electrons. The van der Waals surface area contributed by atoms with E-state index < -0.39 is 0 Å². The molecule has 0 unspecified atom stereocenters. The minimum atomic E-state index is 0.0218. The lowest BCUT2D eigenvalue weighted by molar-refractivity contribution is -0.118. The van der Waals surface area contributed by atoms with Crippen molar-refractivity contribution in [3.05, 3.63) is 47.5 Å². The molecular weight excluding hydrogens is 370 g/mol. The first kappa shape index (κ1) is 17.8. The molecule has 0 saturated carbocycles. The van der Waals surface area contributed by atoms with Crippen LogP contribution in [0.4, 0.5) is 11.4 Å². The number of piperazine rings is 1. The van der Waals surface area contributed by atoms with Gasteiger partial charge in [-0.2, -0.15) is 0 Å². The molecule has 7 nitrogen and oxygen atoms in total. The number of amides is 2. The molecule has 2 amide bonds. The van der Waals surface area contributed by atoms with Crippen LogP contribution < -0.4 is 19.3 Å². The number of rotatable bonds is 2. The van der Waals surface area contributed by atoms with E-state index in [0.29, 0.717) is 36.6 Å². The summed E-state index contributed by atoms with van der Waals surface area (Å²) >= 11 is 0. The van der Waals surface area contributed by atoms with Gasteiger partial charge in [0.2, 0.25) is 12.7 Å². The summed E-state index contributed by atoms with van der Waals surface area (Å²) in [4.78, 5) is 30.7. The summed E-state index contributed by atoms with van der Waals surface area (Å²) < 4.78 is 10.7. The van der Waals surface area contributed by atoms with Crippen molar-refractivity contribution in [2.24, 2.45) is 0 Å². The van der Waals surface area contributed by atoms with Crippen molar-refractivity contribution in [3.63, 3.8) is 0 Å². The molecule has 1 saturated heterocycles. The first-order chi connectivity index (χ1) is 14.1. The predicted octanol–water partition coefficient (Wildman–Crippen LogP) is 2.29. The van der Waals surface area contributed by atoms with E-state index >= 15 is 0 Å². The summed E-state index contributed by atoms with van der Waals surface area (Å²) in [6, 6.07) is 11.6. The van der Waals surface area contributed by atoms with Crippen LogP contribution in [-0.2, 0) is 11.2 Å². The lowest BCUT2D eigenvalue weighted by Crippen LogP contribution is -2.48. The third-order valence-corrected chi connectivity index (χ3v) is 5.96. The maximum absolute atomic E-state index is 12.9. The zero-order valence-corrected chi connectivity index (χ0v) is 16.4. The van der Waals surface area contributed by atoms with Crippen LogP contribution in [0.1, 0.15) is 22.3 Å². The van der Waals surface area contributed by atoms with Gasteiger partial charge in [0.15, 0.2) is 11.5 Å². The van der Waals surface area contributed by atoms with E-state index in [0.717, 1.165) is 30.9 Å². The number of fused-ring (bicyclic) bond motifs is 2. The number of hydrogen-bond donors (Lipinski definition) is 0. The van der Waals surface area contributed by atoms with Gasteiger partial charge in [-0.25, -0.2) is 0 Å². The Kier molecular flexibility index (Phi) is 4.30. The molecule has 0 N–H and O–H groups in total. The average Bonchev–Trinajstić information content (AvgIpc) is 3.24. The van der Waals surface area contributed by atoms with Crippen LogP contribution in [0.2, 0.25) is 0 Å². The van der Waals surface area contributed by atoms with Gasteiger partial charge in [0.25, 0.3) is 5.91 Å². The largest absolute Gasteiger partial charge is 0.454 e. The highest BCUT2D eigenvalue weighted by Crippen LogP contribution is 2.33. The first-order valence-corrected chi connectivity index (χ1v) is 9.93. The smallest absolute Gasteiger partial charge is 0.254 e. The van der Waals surface area contributed by atoms with E-state index in [9.17, 15) is 9.59 Å². The normalized spacial score (nSPS) is 18.1. The Morgan fingerprint density at radius 3 is 2.55 bits per heavy atom. The van der Waals surface area contributed by atoms with Crippen LogP contribution in [-0.4, -0.2) is 56.7 Å². The highest BCUT2D eigenvalue weighted by molar-refractivity contribution is 5.96. The van der Waals surface area contributed by atoms with Crippen molar-refractivity contribution in [1.29, 1.82) is 0 Å². The van der Waals surface area contributed by atoms with E-state index in [4.69, 9.17) is 9.47 Å². The number of carbonyl (C=O) groups excluding carboxylic acids is 2. The molecule has 3 aliphatic heterocycles. The third-order valence-electron chi connectivity index (χ3n) is 5.96. The van der Waals surface area contributed by atoms with E-state index in [1.807, 2.05) is 18.0 Å². The molecule has 3 aliphatic rings. The summed E-state index contributed by atoms with van der Waals surface area (Å²) in [5.74, 6) is 1.51. The summed E-state index contributed by atoms with van der Waals surface area (Å²) in [6.07, 6.45) is 1.35. The minimum absolute atomic E-state index is 0.0218. The molecule has 5 rings (SSSR count). The van der Waals surface area contributed by atoms with Crippen LogP contribution in [0.5, 0.6) is 11.5 Å². The Balaban J connectivity index is 1.26. The average molecular weight is 393 g/mol. The molecule has 3 heterocycles. The fourth-order valence-corrected chi connectivity index (χ4v) is 4.22. The van der Waals surface area contributed by atoms with Gasteiger partial charge >= 0.3 is 0 Å². The van der Waals surface area contributed by atoms with Gasteiger partial charge < -0.3 is 24.2 Å². The van der Waals surface area contributed by atoms with E-state index in [-0.39, 0.29) is 18.6 Å². The fraction of sp³-hybridized carbons (Fsp3) is 0.364. The molecule has 0 spiro atoms. The molecule has 0 bridgehead atoms. The zero-order chi connectivity index (χ0) is 20.0. The molecule has 2 aromatic carbocycles. The van der Waals surface area contributed by atoms with Gasteiger partial charge in [-0.3, -0.25) is 9.59 Å². The Bertz CT molecular complexity index is 982. The minimum Gasteiger partial charge on any atom is -0.454 e. The van der Waals surface area contributed by atoms with Gasteiger partial charge in [0, 0.05) is 56.6 Å². The Hall–Kier alpha value is -3.22. The molecule has 2 aromatic rings. The molecule has 29 heavy (non-hydrogen) atoms. The Morgan fingerprint density at radius 1 is 0.931 bits per heavy atom. The van der Waals surface area contributed by atoms with Crippen molar-refractivity contribution < 1.29 is 19.1 Å². The van der Waals surface area contributed by atoms with E-state index in [2.05, 4.69) is 17.0 Å². The molecule has 7 heteroatoms. The topological polar surface area (TPSA) is 62.3 Å². The van der Waals surface area contributed by atoms with E-state index in [1.165, 1.54) is 5.56 Å². The number of anilines is 2. The molecule has 0 aromatic heterocycles. The summed E-state index contributed by atoms with van der Waals surface area (Å²) in [5.41, 5.74) is 4.00. The fourth-order valence-electron chi connectivity index (χ4n) is 4.22. The van der Waals surface area contributed by atoms with Gasteiger partial charge in [0.1, 0.15) is 0 Å². The second-order valence-electron chi connectivity index (χ2n) is 7.61. The van der Waals surface area contributed by atoms with Gasteiger partial charge in [-0.05, 0) is 48.4 Å². The third kappa shape index (κ3) is 3.16. The highest BCUT2D eigenvalue weighted by atomic mass is 16.7. The van der Waals surface area contributed by atoms with Crippen LogP contribution in [0, 0.1) is 0 Å². The van der Waals surface area contributed by atoms with Crippen LogP contribution >= 0.6 is 0 Å². The second kappa shape index (κ2) is 6.99. The van der Waals surface area contributed by atoms with Gasteiger partial charge in [-0.1, -0.05) is 0 Å². The number of aryl methyl sites for hydroxylation is 1. The first-order valence-electron chi connectivity index (χ1n) is 9.93. The number of ether oxygens (including phenoxy) is 2. The number of nitrogens with zero attached hydrogens (tertiary/aromatic N) is 3. The Labute approximate surface area is 169 Å². The second-order valence-corrected chi connectivity index (χ2v) is 7.61. The van der Waals surface area contributed by atoms with Crippen molar-refractivity contribution in [2.75, 3.05) is 49.8 Å². The van der Waals surface area contributed by atoms with Crippen molar-refractivity contribution in [2.45, 2.75) is 12.8 Å². The Morgan fingerprint density at radius 2 is 1.72 bits per heavy atom. The molecule has 1 fully saturated rings. The molecule has 0 aliphatic carbocycles. The number of hydrogen-bond acceptors (Lipinski definition) is 5. The molecular formula is C22H23N3O4. The summed E-state index contributed by atoms with van der Waals surface area (Å²) in [6.45, 7) is 3.11. The number of benzene rings is 2. The number of carbonyl (C=O) groups is 2. The maximum Gasteiger partial charge on any atom is 0.254 e. The lowest BCUT2D eigenvalue weighted by Gasteiger charge is -2.37. The molecule has 0 radical (unpaired) electrons. The van der Waals surface area contributed by atoms with E-state index in [1.54, 1.807) is 23.1 Å². The summed E-state index contributed by atoms with van der Waals surface area (Å²) in [7, 11) is 1.83. The maximum atomic E-state index is 12.9. The SMILES string of the molecule is CN1C(=O)CCc2cc(N3CCN(C(=O)c4ccc5c(c4)OCO5)CC3)ccc21. The van der Waals surface area contributed by atoms with Crippen molar-refractivity contribution >= 4 is 23.2 Å². The van der Waals surface area contributed by atoms with Crippen molar-refractivity contribution in [3.8, 4) is 11.5 Å². The molecule has 0 atom stereocenters. The standard InChI is InChI=1S/C22H23N3O4/c1-23-18-5-4-17(12-15(18)3-7-21(23)26)24-8-10-25(11-9-24)22(27)16-2-6-19-20(13-16)29-14-28-19/h2,4-6,12-13H,3,7-11,14H2,1H3. The lowest BCUT2D eigenvalue weighted by atomic mass is 10.0. The predicted molar refractivity (Wildman–Crippen MR) is 109 cm³/mol.